The molecule has 0 fully saturated rings. The van der Waals surface area contributed by atoms with Gasteiger partial charge in [0.2, 0.25) is 0 Å². The first-order valence-electron chi connectivity index (χ1n) is 6.18. The Hall–Kier alpha value is -1.55. The highest BCUT2D eigenvalue weighted by atomic mass is 19.1. The second-order valence-corrected chi connectivity index (χ2v) is 4.46. The third kappa shape index (κ3) is 2.34. The van der Waals surface area contributed by atoms with E-state index in [0.29, 0.717) is 11.1 Å². The molecule has 0 aliphatic rings. The van der Waals surface area contributed by atoms with Crippen molar-refractivity contribution in [2.24, 2.45) is 0 Å². The summed E-state index contributed by atoms with van der Waals surface area (Å²) in [5.74, 6) is 0.0256. The summed E-state index contributed by atoms with van der Waals surface area (Å²) < 4.78 is 19.2. The summed E-state index contributed by atoms with van der Waals surface area (Å²) in [6.45, 7) is 4.02. The van der Waals surface area contributed by atoms with Crippen molar-refractivity contribution in [2.75, 3.05) is 27.2 Å². The number of benzene rings is 1. The molecule has 0 bridgehead atoms. The second-order valence-electron chi connectivity index (χ2n) is 4.46. The topological polar surface area (TPSA) is 28.3 Å². The molecule has 0 spiro atoms. The predicted octanol–water partition coefficient (Wildman–Crippen LogP) is 2.81. The number of nitrogens with zero attached hydrogens (tertiary/aromatic N) is 1. The van der Waals surface area contributed by atoms with E-state index in [1.807, 2.05) is 12.3 Å². The van der Waals surface area contributed by atoms with Crippen LogP contribution in [-0.4, -0.2) is 37.1 Å². The Morgan fingerprint density at radius 2 is 2.17 bits per heavy atom. The second kappa shape index (κ2) is 5.40. The maximum absolute atomic E-state index is 14.2. The van der Waals surface area contributed by atoms with E-state index in [-0.39, 0.29) is 5.82 Å². The summed E-state index contributed by atoms with van der Waals surface area (Å²) in [7, 11) is 3.55. The predicted molar refractivity (Wildman–Crippen MR) is 71.7 cm³/mol. The van der Waals surface area contributed by atoms with Crippen molar-refractivity contribution in [1.29, 1.82) is 0 Å². The van der Waals surface area contributed by atoms with Crippen molar-refractivity contribution >= 4 is 10.9 Å². The molecule has 0 saturated carbocycles. The third-order valence-corrected chi connectivity index (χ3v) is 3.35. The number of methoxy groups -OCH3 is 1. The van der Waals surface area contributed by atoms with Gasteiger partial charge in [-0.25, -0.2) is 4.39 Å². The molecular formula is C14H19FN2O. The van der Waals surface area contributed by atoms with Crippen molar-refractivity contribution in [3.8, 4) is 5.75 Å². The monoisotopic (exact) mass is 250 g/mol. The van der Waals surface area contributed by atoms with Gasteiger partial charge in [0.25, 0.3) is 0 Å². The molecule has 0 amide bonds. The van der Waals surface area contributed by atoms with E-state index in [4.69, 9.17) is 4.74 Å². The zero-order valence-corrected chi connectivity index (χ0v) is 11.1. The van der Waals surface area contributed by atoms with Gasteiger partial charge in [-0.3, -0.25) is 0 Å². The standard InChI is InChI=1S/C14H19FN2O/c1-4-17(2)8-7-10-9-16-11-5-6-12(18-3)14(15)13(10)11/h5-6,9,16H,4,7-8H2,1-3H3. The Labute approximate surface area is 107 Å². The number of likely N-dealkylation sites (N-methyl/N-ethyl adjacent to an activating group) is 1. The van der Waals surface area contributed by atoms with Crippen LogP contribution in [0.4, 0.5) is 4.39 Å². The molecule has 2 aromatic rings. The fourth-order valence-electron chi connectivity index (χ4n) is 2.05. The normalized spacial score (nSPS) is 11.4. The highest BCUT2D eigenvalue weighted by Gasteiger charge is 2.13. The van der Waals surface area contributed by atoms with Crippen molar-refractivity contribution < 1.29 is 9.13 Å². The minimum atomic E-state index is -0.273. The maximum Gasteiger partial charge on any atom is 0.174 e. The zero-order valence-electron chi connectivity index (χ0n) is 11.1. The van der Waals surface area contributed by atoms with Crippen LogP contribution in [0.5, 0.6) is 5.75 Å². The van der Waals surface area contributed by atoms with Crippen LogP contribution in [0.15, 0.2) is 18.3 Å². The number of ether oxygens (including phenoxy) is 1. The number of aromatic amines is 1. The summed E-state index contributed by atoms with van der Waals surface area (Å²) in [5, 5.41) is 0.652. The van der Waals surface area contributed by atoms with Gasteiger partial charge in [0.1, 0.15) is 0 Å². The summed E-state index contributed by atoms with van der Waals surface area (Å²) in [4.78, 5) is 5.31. The molecule has 4 heteroatoms. The molecule has 0 aliphatic carbocycles. The maximum atomic E-state index is 14.2. The summed E-state index contributed by atoms with van der Waals surface area (Å²) >= 11 is 0. The molecule has 1 aromatic heterocycles. The van der Waals surface area contributed by atoms with Gasteiger partial charge < -0.3 is 14.6 Å². The lowest BCUT2D eigenvalue weighted by atomic mass is 10.1. The first-order valence-corrected chi connectivity index (χ1v) is 6.18. The van der Waals surface area contributed by atoms with Crippen LogP contribution in [0.25, 0.3) is 10.9 Å². The molecule has 98 valence electrons. The summed E-state index contributed by atoms with van der Waals surface area (Å²) in [6, 6.07) is 3.50. The first-order chi connectivity index (χ1) is 8.67. The molecule has 1 heterocycles. The molecule has 0 saturated heterocycles. The number of H-pyrrole nitrogens is 1. The van der Waals surface area contributed by atoms with E-state index < -0.39 is 0 Å². The first kappa shape index (κ1) is 12.9. The van der Waals surface area contributed by atoms with Crippen LogP contribution in [0.1, 0.15) is 12.5 Å². The molecule has 1 aromatic carbocycles. The highest BCUT2D eigenvalue weighted by molar-refractivity contribution is 5.85. The fourth-order valence-corrected chi connectivity index (χ4v) is 2.05. The molecule has 0 aliphatic heterocycles. The van der Waals surface area contributed by atoms with Crippen molar-refractivity contribution in [1.82, 2.24) is 9.88 Å². The molecule has 0 atom stereocenters. The Balaban J connectivity index is 2.33. The molecule has 3 nitrogen and oxygen atoms in total. The van der Waals surface area contributed by atoms with Crippen LogP contribution in [0, 0.1) is 5.82 Å². The highest BCUT2D eigenvalue weighted by Crippen LogP contribution is 2.28. The molecule has 1 N–H and O–H groups in total. The molecule has 2 rings (SSSR count). The molecule has 0 unspecified atom stereocenters. The number of aromatic nitrogens is 1. The van der Waals surface area contributed by atoms with E-state index in [1.54, 1.807) is 6.07 Å². The number of rotatable bonds is 5. The number of hydrogen-bond donors (Lipinski definition) is 1. The molecular weight excluding hydrogens is 231 g/mol. The van der Waals surface area contributed by atoms with E-state index in [1.165, 1.54) is 7.11 Å². The minimum absolute atomic E-state index is 0.273. The van der Waals surface area contributed by atoms with Crippen LogP contribution in [0.2, 0.25) is 0 Å². The van der Waals surface area contributed by atoms with Crippen molar-refractivity contribution in [3.63, 3.8) is 0 Å². The van der Waals surface area contributed by atoms with Gasteiger partial charge in [-0.15, -0.1) is 0 Å². The van der Waals surface area contributed by atoms with Crippen LogP contribution in [0.3, 0.4) is 0 Å². The summed E-state index contributed by atoms with van der Waals surface area (Å²) in [6.07, 6.45) is 2.71. The van der Waals surface area contributed by atoms with Gasteiger partial charge in [0.05, 0.1) is 7.11 Å². The largest absolute Gasteiger partial charge is 0.494 e. The Kier molecular flexibility index (Phi) is 3.87. The fraction of sp³-hybridized carbons (Fsp3) is 0.429. The number of hydrogen-bond acceptors (Lipinski definition) is 2. The average molecular weight is 250 g/mol. The van der Waals surface area contributed by atoms with E-state index in [2.05, 4.69) is 23.9 Å². The molecule has 0 radical (unpaired) electrons. The lowest BCUT2D eigenvalue weighted by Crippen LogP contribution is -2.20. The van der Waals surface area contributed by atoms with Gasteiger partial charge in [-0.2, -0.15) is 0 Å². The van der Waals surface area contributed by atoms with Gasteiger partial charge in [-0.05, 0) is 37.7 Å². The van der Waals surface area contributed by atoms with Gasteiger partial charge >= 0.3 is 0 Å². The van der Waals surface area contributed by atoms with E-state index in [0.717, 1.165) is 30.6 Å². The summed E-state index contributed by atoms with van der Waals surface area (Å²) in [5.41, 5.74) is 1.82. The molecule has 18 heavy (non-hydrogen) atoms. The Morgan fingerprint density at radius 1 is 1.39 bits per heavy atom. The van der Waals surface area contributed by atoms with Crippen LogP contribution < -0.4 is 4.74 Å². The van der Waals surface area contributed by atoms with Gasteiger partial charge in [-0.1, -0.05) is 6.92 Å². The minimum Gasteiger partial charge on any atom is -0.494 e. The van der Waals surface area contributed by atoms with E-state index >= 15 is 0 Å². The number of nitrogens with one attached hydrogen (secondary N) is 1. The quantitative estimate of drug-likeness (QED) is 0.883. The third-order valence-electron chi connectivity index (χ3n) is 3.35. The van der Waals surface area contributed by atoms with Gasteiger partial charge in [0.15, 0.2) is 11.6 Å². The number of fused-ring (bicyclic) bond motifs is 1. The lowest BCUT2D eigenvalue weighted by molar-refractivity contribution is 0.357. The van der Waals surface area contributed by atoms with Crippen LogP contribution >= 0.6 is 0 Å². The Morgan fingerprint density at radius 3 is 2.83 bits per heavy atom. The average Bonchev–Trinajstić information content (AvgIpc) is 2.80. The zero-order chi connectivity index (χ0) is 13.1. The number of halogens is 1. The SMILES string of the molecule is CCN(C)CCc1c[nH]c2ccc(OC)c(F)c12. The van der Waals surface area contributed by atoms with Crippen molar-refractivity contribution in [3.05, 3.63) is 29.7 Å². The smallest absolute Gasteiger partial charge is 0.174 e. The van der Waals surface area contributed by atoms with Crippen LogP contribution in [-0.2, 0) is 6.42 Å². The van der Waals surface area contributed by atoms with Crippen molar-refractivity contribution in [2.45, 2.75) is 13.3 Å². The van der Waals surface area contributed by atoms with E-state index in [9.17, 15) is 4.39 Å². The lowest BCUT2D eigenvalue weighted by Gasteiger charge is -2.13. The Bertz CT molecular complexity index is 536. The van der Waals surface area contributed by atoms with Gasteiger partial charge in [0, 0.05) is 23.6 Å².